The van der Waals surface area contributed by atoms with Gasteiger partial charge in [-0.2, -0.15) is 13.2 Å². The molecule has 0 aliphatic carbocycles. The minimum atomic E-state index is -4.42. The van der Waals surface area contributed by atoms with Crippen molar-refractivity contribution in [2.75, 3.05) is 51.2 Å². The van der Waals surface area contributed by atoms with Gasteiger partial charge in [-0.1, -0.05) is 6.92 Å². The number of rotatable bonds is 3. The Morgan fingerprint density at radius 3 is 2.39 bits per heavy atom. The highest BCUT2D eigenvalue weighted by Gasteiger charge is 2.34. The number of aromatic nitrogens is 3. The molecule has 2 aliphatic rings. The van der Waals surface area contributed by atoms with Crippen LogP contribution in [0.15, 0.2) is 42.9 Å². The van der Waals surface area contributed by atoms with Crippen LogP contribution in [0.4, 0.5) is 18.9 Å². The van der Waals surface area contributed by atoms with E-state index in [4.69, 9.17) is 4.98 Å². The van der Waals surface area contributed by atoms with Gasteiger partial charge in [0.25, 0.3) is 5.91 Å². The summed E-state index contributed by atoms with van der Waals surface area (Å²) in [4.78, 5) is 33.1. The largest absolute Gasteiger partial charge is 0.416 e. The molecule has 2 atom stereocenters. The molecule has 0 radical (unpaired) electrons. The van der Waals surface area contributed by atoms with Crippen LogP contribution in [-0.2, 0) is 6.18 Å². The van der Waals surface area contributed by atoms with E-state index in [1.54, 1.807) is 11.2 Å². The molecule has 3 aromatic rings. The third-order valence-electron chi connectivity index (χ3n) is 7.36. The molecule has 2 aliphatic heterocycles. The lowest BCUT2D eigenvalue weighted by Crippen LogP contribution is -2.44. The number of benzene rings is 1. The third kappa shape index (κ3) is 4.86. The molecule has 5 rings (SSSR count). The Morgan fingerprint density at radius 2 is 1.72 bits per heavy atom. The quantitative estimate of drug-likeness (QED) is 0.543. The highest BCUT2D eigenvalue weighted by molar-refractivity contribution is 5.94. The number of likely N-dealkylation sites (tertiary alicyclic amines) is 1. The van der Waals surface area contributed by atoms with Gasteiger partial charge >= 0.3 is 6.18 Å². The molecule has 2 aromatic heterocycles. The van der Waals surface area contributed by atoms with E-state index in [0.29, 0.717) is 19.5 Å². The summed E-state index contributed by atoms with van der Waals surface area (Å²) in [6.45, 7) is 6.98. The smallest absolute Gasteiger partial charge is 0.368 e. The average Bonchev–Trinajstić information content (AvgIpc) is 2.87. The van der Waals surface area contributed by atoms with Gasteiger partial charge in [0, 0.05) is 50.7 Å². The van der Waals surface area contributed by atoms with Crippen LogP contribution in [0.3, 0.4) is 0 Å². The minimum Gasteiger partial charge on any atom is -0.368 e. The van der Waals surface area contributed by atoms with Crippen LogP contribution in [0.1, 0.15) is 40.9 Å². The Labute approximate surface area is 207 Å². The van der Waals surface area contributed by atoms with Gasteiger partial charge in [0.2, 0.25) is 0 Å². The Balaban J connectivity index is 1.31. The number of alkyl halides is 3. The maximum Gasteiger partial charge on any atom is 0.416 e. The summed E-state index contributed by atoms with van der Waals surface area (Å²) in [5.74, 6) is -0.0417. The summed E-state index contributed by atoms with van der Waals surface area (Å²) in [6.07, 6.45) is -0.246. The van der Waals surface area contributed by atoms with Crippen LogP contribution in [0.5, 0.6) is 0 Å². The summed E-state index contributed by atoms with van der Waals surface area (Å²) in [6, 6.07) is 6.49. The molecule has 7 nitrogen and oxygen atoms in total. The zero-order valence-corrected chi connectivity index (χ0v) is 20.4. The molecule has 190 valence electrons. The molecule has 2 saturated heterocycles. The summed E-state index contributed by atoms with van der Waals surface area (Å²) in [7, 11) is 2.12. The number of fused-ring (bicyclic) bond motifs is 1. The Morgan fingerprint density at radius 1 is 1.00 bits per heavy atom. The van der Waals surface area contributed by atoms with Crippen molar-refractivity contribution in [3.63, 3.8) is 0 Å². The molecule has 4 heterocycles. The molecule has 0 bridgehead atoms. The minimum absolute atomic E-state index is 0.106. The number of hydrogen-bond acceptors (Lipinski definition) is 6. The molecule has 10 heteroatoms. The second-order valence-electron chi connectivity index (χ2n) is 9.81. The number of carbonyl (C=O) groups is 1. The van der Waals surface area contributed by atoms with Crippen molar-refractivity contribution in [2.45, 2.75) is 25.4 Å². The van der Waals surface area contributed by atoms with E-state index < -0.39 is 11.7 Å². The van der Waals surface area contributed by atoms with Gasteiger partial charge in [-0.3, -0.25) is 9.78 Å². The summed E-state index contributed by atoms with van der Waals surface area (Å²) >= 11 is 0. The van der Waals surface area contributed by atoms with Gasteiger partial charge < -0.3 is 14.7 Å². The molecular weight excluding hydrogens is 469 g/mol. The summed E-state index contributed by atoms with van der Waals surface area (Å²) in [5, 5.41) is 0. The lowest BCUT2D eigenvalue weighted by atomic mass is 9.83. The number of nitrogens with zero attached hydrogens (tertiary/aromatic N) is 6. The van der Waals surface area contributed by atoms with E-state index in [2.05, 4.69) is 39.8 Å². The van der Waals surface area contributed by atoms with E-state index in [0.717, 1.165) is 60.7 Å². The van der Waals surface area contributed by atoms with E-state index in [1.807, 2.05) is 6.20 Å². The van der Waals surface area contributed by atoms with Crippen LogP contribution in [0.25, 0.3) is 11.0 Å². The van der Waals surface area contributed by atoms with Crippen LogP contribution < -0.4 is 4.90 Å². The number of carbonyl (C=O) groups excluding carboxylic acids is 1. The van der Waals surface area contributed by atoms with Crippen molar-refractivity contribution < 1.29 is 18.0 Å². The van der Waals surface area contributed by atoms with Crippen molar-refractivity contribution in [2.24, 2.45) is 5.92 Å². The number of piperidine rings is 1. The lowest BCUT2D eigenvalue weighted by Gasteiger charge is -2.37. The fraction of sp³-hybridized carbons (Fsp3) is 0.462. The number of amides is 1. The fourth-order valence-corrected chi connectivity index (χ4v) is 5.18. The summed E-state index contributed by atoms with van der Waals surface area (Å²) < 4.78 is 38.6. The van der Waals surface area contributed by atoms with E-state index in [9.17, 15) is 18.0 Å². The Kier molecular flexibility index (Phi) is 6.55. The fourth-order valence-electron chi connectivity index (χ4n) is 5.18. The van der Waals surface area contributed by atoms with Crippen molar-refractivity contribution in [1.29, 1.82) is 0 Å². The van der Waals surface area contributed by atoms with Gasteiger partial charge in [0.1, 0.15) is 11.8 Å². The number of likely N-dealkylation sites (N-methyl/N-ethyl adjacent to an activating group) is 1. The van der Waals surface area contributed by atoms with Gasteiger partial charge in [0.05, 0.1) is 28.7 Å². The first kappa shape index (κ1) is 24.4. The first-order valence-electron chi connectivity index (χ1n) is 12.2. The van der Waals surface area contributed by atoms with Crippen LogP contribution >= 0.6 is 0 Å². The number of anilines is 1. The number of pyridine rings is 1. The zero-order chi connectivity index (χ0) is 25.4. The van der Waals surface area contributed by atoms with Crippen LogP contribution in [0, 0.1) is 5.92 Å². The predicted octanol–water partition coefficient (Wildman–Crippen LogP) is 4.06. The highest BCUT2D eigenvalue weighted by atomic mass is 19.4. The normalized spacial score (nSPS) is 21.7. The maximum atomic E-state index is 13.0. The van der Waals surface area contributed by atoms with Crippen molar-refractivity contribution in [3.8, 4) is 0 Å². The zero-order valence-electron chi connectivity index (χ0n) is 20.4. The standard InChI is InChI=1S/C26H29F3N6O/c1-17-15-35(25(36)18-3-5-19(6-4-18)26(27,28)29)8-7-21(17)23-24-22(31-16-32-23)13-20(14-30-24)34-11-9-33(2)10-12-34/h3-6,13-14,16-17,21H,7-12,15H2,1-2H3. The van der Waals surface area contributed by atoms with Gasteiger partial charge in [0.15, 0.2) is 0 Å². The molecule has 0 saturated carbocycles. The van der Waals surface area contributed by atoms with Crippen LogP contribution in [-0.4, -0.2) is 77.0 Å². The van der Waals surface area contributed by atoms with Gasteiger partial charge in [-0.05, 0) is 49.7 Å². The maximum absolute atomic E-state index is 13.0. The topological polar surface area (TPSA) is 65.5 Å². The monoisotopic (exact) mass is 498 g/mol. The first-order chi connectivity index (χ1) is 17.2. The number of hydrogen-bond donors (Lipinski definition) is 0. The second kappa shape index (κ2) is 9.65. The second-order valence-corrected chi connectivity index (χ2v) is 9.81. The Hall–Kier alpha value is -3.27. The van der Waals surface area contributed by atoms with E-state index in [1.165, 1.54) is 12.1 Å². The lowest BCUT2D eigenvalue weighted by molar-refractivity contribution is -0.137. The van der Waals surface area contributed by atoms with Crippen molar-refractivity contribution in [3.05, 3.63) is 59.7 Å². The number of halogens is 3. The molecule has 0 spiro atoms. The highest BCUT2D eigenvalue weighted by Crippen LogP contribution is 2.36. The first-order valence-corrected chi connectivity index (χ1v) is 12.2. The van der Waals surface area contributed by atoms with Crippen LogP contribution in [0.2, 0.25) is 0 Å². The van der Waals surface area contributed by atoms with E-state index in [-0.39, 0.29) is 23.3 Å². The molecule has 36 heavy (non-hydrogen) atoms. The van der Waals surface area contributed by atoms with Crippen molar-refractivity contribution in [1.82, 2.24) is 24.8 Å². The molecule has 0 N–H and O–H groups in total. The molecule has 1 amide bonds. The van der Waals surface area contributed by atoms with E-state index >= 15 is 0 Å². The molecular formula is C26H29F3N6O. The SMILES string of the molecule is CC1CN(C(=O)c2ccc(C(F)(F)F)cc2)CCC1c1ncnc2cc(N3CCN(C)CC3)cnc12. The van der Waals surface area contributed by atoms with Crippen molar-refractivity contribution >= 4 is 22.6 Å². The van der Waals surface area contributed by atoms with Gasteiger partial charge in [-0.15, -0.1) is 0 Å². The Bertz CT molecular complexity index is 1240. The predicted molar refractivity (Wildman–Crippen MR) is 131 cm³/mol. The third-order valence-corrected chi connectivity index (χ3v) is 7.36. The number of piperazine rings is 1. The molecule has 2 fully saturated rings. The average molecular weight is 499 g/mol. The van der Waals surface area contributed by atoms with Gasteiger partial charge in [-0.25, -0.2) is 9.97 Å². The molecule has 1 aromatic carbocycles. The molecule has 2 unspecified atom stereocenters. The summed E-state index contributed by atoms with van der Waals surface area (Å²) in [5.41, 5.74) is 3.05.